The second-order valence-electron chi connectivity index (χ2n) is 20.6. The highest BCUT2D eigenvalue weighted by Crippen LogP contribution is 2.88. The van der Waals surface area contributed by atoms with Crippen LogP contribution in [0.1, 0.15) is 123 Å². The number of rotatable bonds is 15. The van der Waals surface area contributed by atoms with Crippen molar-refractivity contribution in [1.82, 2.24) is 34.8 Å². The second kappa shape index (κ2) is 17.9. The zero-order valence-electron chi connectivity index (χ0n) is 37.1. The molecule has 4 aliphatic carbocycles. The normalized spacial score (nSPS) is 33.0. The Morgan fingerprint density at radius 2 is 1.43 bits per heavy atom. The first kappa shape index (κ1) is 46.3. The van der Waals surface area contributed by atoms with Crippen LogP contribution in [0.25, 0.3) is 0 Å². The number of fused-ring (bicyclic) bond motifs is 1. The van der Waals surface area contributed by atoms with Crippen LogP contribution in [0.2, 0.25) is 0 Å². The molecule has 8 rings (SSSR count). The number of hydrogen-bond acceptors (Lipinski definition) is 9. The van der Waals surface area contributed by atoms with E-state index in [2.05, 4.69) is 41.1 Å². The molecule has 4 N–H and O–H groups in total. The largest absolute Gasteiger partial charge is 0.381 e. The molecule has 0 aromatic carbocycles. The van der Waals surface area contributed by atoms with Crippen LogP contribution < -0.4 is 20.7 Å². The molecule has 0 unspecified atom stereocenters. The summed E-state index contributed by atoms with van der Waals surface area (Å²) in [7, 11) is -4.15. The van der Waals surface area contributed by atoms with E-state index in [0.29, 0.717) is 97.1 Å². The zero-order chi connectivity index (χ0) is 45.0. The topological polar surface area (TPSA) is 187 Å². The molecule has 8 fully saturated rings. The molecule has 4 saturated heterocycles. The van der Waals surface area contributed by atoms with Crippen molar-refractivity contribution in [2.24, 2.45) is 34.0 Å². The molecule has 0 aromatic rings. The Kier molecular flexibility index (Phi) is 13.1. The summed E-state index contributed by atoms with van der Waals surface area (Å²) in [5, 5.41) is 9.08. The number of halogens is 2. The van der Waals surface area contributed by atoms with Crippen LogP contribution in [0.5, 0.6) is 0 Å². The van der Waals surface area contributed by atoms with Crippen molar-refractivity contribution in [1.29, 1.82) is 0 Å². The zero-order valence-corrected chi connectivity index (χ0v) is 38.0. The average Bonchev–Trinajstić information content (AvgIpc) is 3.70. The van der Waals surface area contributed by atoms with E-state index in [1.54, 1.807) is 4.90 Å². The van der Waals surface area contributed by atoms with Crippen molar-refractivity contribution >= 4 is 39.7 Å². The number of carbonyl (C=O) groups is 5. The van der Waals surface area contributed by atoms with E-state index < -0.39 is 93.8 Å². The maximum absolute atomic E-state index is 15.5. The molecule has 15 nitrogen and oxygen atoms in total. The van der Waals surface area contributed by atoms with E-state index in [1.807, 2.05) is 0 Å². The minimum atomic E-state index is -4.15. The summed E-state index contributed by atoms with van der Waals surface area (Å²) in [5.74, 6) is -3.86. The van der Waals surface area contributed by atoms with Crippen molar-refractivity contribution in [2.45, 2.75) is 159 Å². The van der Waals surface area contributed by atoms with Gasteiger partial charge < -0.3 is 25.6 Å². The van der Waals surface area contributed by atoms with E-state index in [9.17, 15) is 36.4 Å². The lowest BCUT2D eigenvalue weighted by Gasteiger charge is -2.38. The molecule has 4 saturated carbocycles. The van der Waals surface area contributed by atoms with Gasteiger partial charge in [-0.25, -0.2) is 13.5 Å². The molecule has 4 aliphatic heterocycles. The molecule has 0 radical (unpaired) electrons. The predicted molar refractivity (Wildman–Crippen MR) is 229 cm³/mol. The Bertz CT molecular complexity index is 1900. The van der Waals surface area contributed by atoms with Gasteiger partial charge in [0.2, 0.25) is 23.6 Å². The quantitative estimate of drug-likeness (QED) is 0.179. The fraction of sp³-hybridized carbons (Fsp3) is 0.844. The molecule has 7 atom stereocenters. The molecule has 0 bridgehead atoms. The van der Waals surface area contributed by atoms with Gasteiger partial charge in [0.15, 0.2) is 0 Å². The van der Waals surface area contributed by atoms with Crippen molar-refractivity contribution < 1.29 is 45.9 Å². The van der Waals surface area contributed by atoms with Crippen LogP contribution in [0.3, 0.4) is 0 Å². The Hall–Kier alpha value is -3.22. The summed E-state index contributed by atoms with van der Waals surface area (Å²) < 4.78 is 62.8. The standard InChI is InChI=1S/C45H69F2N7O8S/c1-4-31-25-45(31,41(59)51-63(60,61)53-21-10-11-22-53)50-38(56)33-26-44(42(2,3)43(44)18-12-19-43)28-54(33)40(58)36(30-16-23-62-24-17-30)49-39(57)35(29-13-6-5-7-14-29)48-37(55)32-15-8-9-20-52(32)27-34(46)47/h4,29-36H,1,5-28H2,2-3H3,(H,48,55)(H,49,57)(H,50,56)(H,51,59)/t31-,32+,33+,35+,36+,44-,45-/m1/s1. The summed E-state index contributed by atoms with van der Waals surface area (Å²) >= 11 is 0. The summed E-state index contributed by atoms with van der Waals surface area (Å²) in [5.41, 5.74) is -2.22. The Labute approximate surface area is 371 Å². The summed E-state index contributed by atoms with van der Waals surface area (Å²) in [6.07, 6.45) is 10.7. The monoisotopic (exact) mass is 905 g/mol. The van der Waals surface area contributed by atoms with Gasteiger partial charge in [-0.05, 0) is 106 Å². The highest BCUT2D eigenvalue weighted by molar-refractivity contribution is 7.87. The van der Waals surface area contributed by atoms with Gasteiger partial charge in [0.25, 0.3) is 12.3 Å². The van der Waals surface area contributed by atoms with E-state index in [4.69, 9.17) is 4.74 Å². The third-order valence-corrected chi connectivity index (χ3v) is 18.9. The van der Waals surface area contributed by atoms with Gasteiger partial charge in [-0.2, -0.15) is 12.7 Å². The lowest BCUT2D eigenvalue weighted by molar-refractivity contribution is -0.145. The first-order valence-corrected chi connectivity index (χ1v) is 25.2. The third-order valence-electron chi connectivity index (χ3n) is 17.4. The number of likely N-dealkylation sites (tertiary alicyclic amines) is 2. The number of hydrogen-bond donors (Lipinski definition) is 4. The molecule has 8 aliphatic rings. The van der Waals surface area contributed by atoms with Crippen LogP contribution >= 0.6 is 0 Å². The molecular weight excluding hydrogens is 837 g/mol. The van der Waals surface area contributed by atoms with Gasteiger partial charge in [0.05, 0.1) is 12.6 Å². The minimum absolute atomic E-state index is 0.0687. The molecular formula is C45H69F2N7O8S. The van der Waals surface area contributed by atoms with E-state index in [1.165, 1.54) is 15.3 Å². The molecule has 2 spiro atoms. The number of ether oxygens (including phenoxy) is 1. The lowest BCUT2D eigenvalue weighted by Crippen LogP contribution is -2.62. The van der Waals surface area contributed by atoms with Crippen LogP contribution in [0.4, 0.5) is 8.78 Å². The smallest absolute Gasteiger partial charge is 0.303 e. The van der Waals surface area contributed by atoms with E-state index >= 15 is 4.79 Å². The maximum Gasteiger partial charge on any atom is 0.303 e. The van der Waals surface area contributed by atoms with Crippen molar-refractivity contribution in [3.05, 3.63) is 12.7 Å². The molecule has 63 heavy (non-hydrogen) atoms. The molecule has 352 valence electrons. The number of piperidine rings is 1. The van der Waals surface area contributed by atoms with Gasteiger partial charge in [-0.3, -0.25) is 28.9 Å². The number of carbonyl (C=O) groups excluding carboxylic acids is 5. The molecule has 18 heteroatoms. The van der Waals surface area contributed by atoms with Gasteiger partial charge in [-0.1, -0.05) is 52.0 Å². The first-order valence-electron chi connectivity index (χ1n) is 23.8. The Balaban J connectivity index is 1.07. The van der Waals surface area contributed by atoms with Crippen molar-refractivity contribution in [3.63, 3.8) is 0 Å². The Morgan fingerprint density at radius 3 is 2.03 bits per heavy atom. The van der Waals surface area contributed by atoms with Gasteiger partial charge in [0, 0.05) is 44.2 Å². The van der Waals surface area contributed by atoms with Crippen LogP contribution in [-0.2, 0) is 38.9 Å². The minimum Gasteiger partial charge on any atom is -0.381 e. The van der Waals surface area contributed by atoms with E-state index in [-0.39, 0.29) is 35.6 Å². The molecule has 5 amide bonds. The third kappa shape index (κ3) is 8.34. The second-order valence-corrected chi connectivity index (χ2v) is 22.3. The maximum atomic E-state index is 15.5. The van der Waals surface area contributed by atoms with Crippen LogP contribution in [0.15, 0.2) is 12.7 Å². The number of amides is 5. The number of nitrogens with zero attached hydrogens (tertiary/aromatic N) is 3. The number of alkyl halides is 2. The van der Waals surface area contributed by atoms with Crippen LogP contribution in [-0.4, -0.2) is 134 Å². The van der Waals surface area contributed by atoms with Crippen LogP contribution in [0, 0.1) is 34.0 Å². The van der Waals surface area contributed by atoms with Gasteiger partial charge in [0.1, 0.15) is 23.7 Å². The Morgan fingerprint density at radius 1 is 0.778 bits per heavy atom. The summed E-state index contributed by atoms with van der Waals surface area (Å²) in [4.78, 5) is 76.2. The van der Waals surface area contributed by atoms with Crippen molar-refractivity contribution in [3.8, 4) is 0 Å². The average molecular weight is 906 g/mol. The fourth-order valence-electron chi connectivity index (χ4n) is 13.3. The fourth-order valence-corrected chi connectivity index (χ4v) is 14.5. The number of nitrogens with one attached hydrogen (secondary N) is 4. The van der Waals surface area contributed by atoms with Gasteiger partial charge in [-0.15, -0.1) is 6.58 Å². The lowest BCUT2D eigenvalue weighted by atomic mass is 9.73. The first-order chi connectivity index (χ1) is 30.0. The highest BCUT2D eigenvalue weighted by atomic mass is 32.2. The molecule has 4 heterocycles. The van der Waals surface area contributed by atoms with E-state index in [0.717, 1.165) is 38.5 Å². The van der Waals surface area contributed by atoms with Gasteiger partial charge >= 0.3 is 10.2 Å². The molecule has 0 aromatic heterocycles. The SMILES string of the molecule is C=C[C@@H]1C[C@]1(NC(=O)[C@@H]1C[C@@]2(CN1C(=O)[C@@H](NC(=O)[C@@H](NC(=O)[C@@H]1CCCCN1CC(F)F)C1CCCCC1)C1CCOCC1)C(C)(C)C21CCC1)C(=O)NS(=O)(=O)N1CCCC1. The summed E-state index contributed by atoms with van der Waals surface area (Å²) in [6.45, 7) is 9.72. The summed E-state index contributed by atoms with van der Waals surface area (Å²) in [6, 6.07) is -3.86. The van der Waals surface area contributed by atoms with Crippen molar-refractivity contribution in [2.75, 3.05) is 45.9 Å². The predicted octanol–water partition coefficient (Wildman–Crippen LogP) is 3.40. The highest BCUT2D eigenvalue weighted by Gasteiger charge is 2.85.